The van der Waals surface area contributed by atoms with Gasteiger partial charge in [-0.25, -0.2) is 4.98 Å². The van der Waals surface area contributed by atoms with Gasteiger partial charge in [0.1, 0.15) is 17.7 Å². The number of carbonyl (C=O) groups is 1. The van der Waals surface area contributed by atoms with Gasteiger partial charge in [-0.3, -0.25) is 4.79 Å². The van der Waals surface area contributed by atoms with Crippen molar-refractivity contribution in [1.82, 2.24) is 9.55 Å². The summed E-state index contributed by atoms with van der Waals surface area (Å²) in [6.07, 6.45) is 5.06. The SMILES string of the molecule is CCCCCC(CC)COC(=O)CCSc1cccc(OC(F)F)c1[C@H]1C[C@H](O)c2nc3ccc(Cl)cc3n21. The van der Waals surface area contributed by atoms with Crippen LogP contribution in [0.15, 0.2) is 41.3 Å². The third-order valence-electron chi connectivity index (χ3n) is 7.15. The van der Waals surface area contributed by atoms with Gasteiger partial charge in [0.05, 0.1) is 30.1 Å². The smallest absolute Gasteiger partial charge is 0.387 e. The highest BCUT2D eigenvalue weighted by Crippen LogP contribution is 2.47. The number of esters is 1. The lowest BCUT2D eigenvalue weighted by Gasteiger charge is -2.22. The Hall–Kier alpha value is -2.36. The quantitative estimate of drug-likeness (QED) is 0.118. The molecule has 39 heavy (non-hydrogen) atoms. The van der Waals surface area contributed by atoms with Crippen LogP contribution >= 0.6 is 23.4 Å². The van der Waals surface area contributed by atoms with Crippen molar-refractivity contribution in [2.24, 2.45) is 5.92 Å². The number of alkyl halides is 2. The van der Waals surface area contributed by atoms with Gasteiger partial charge in [-0.2, -0.15) is 8.78 Å². The van der Waals surface area contributed by atoms with Gasteiger partial charge in [-0.1, -0.05) is 57.2 Å². The molecule has 2 heterocycles. The van der Waals surface area contributed by atoms with Gasteiger partial charge in [0, 0.05) is 27.7 Å². The number of hydrogen-bond acceptors (Lipinski definition) is 6. The zero-order chi connectivity index (χ0) is 27.9. The van der Waals surface area contributed by atoms with E-state index < -0.39 is 18.8 Å². The predicted molar refractivity (Wildman–Crippen MR) is 150 cm³/mol. The maximum absolute atomic E-state index is 13.4. The number of aliphatic hydroxyl groups is 1. The van der Waals surface area contributed by atoms with Crippen molar-refractivity contribution in [2.75, 3.05) is 12.4 Å². The second kappa shape index (κ2) is 13.8. The number of ether oxygens (including phenoxy) is 2. The number of halogens is 3. The van der Waals surface area contributed by atoms with E-state index in [2.05, 4.69) is 18.8 Å². The number of benzene rings is 2. The highest BCUT2D eigenvalue weighted by Gasteiger charge is 2.37. The van der Waals surface area contributed by atoms with Gasteiger partial charge in [0.2, 0.25) is 0 Å². The van der Waals surface area contributed by atoms with Crippen LogP contribution in [0.5, 0.6) is 5.75 Å². The van der Waals surface area contributed by atoms with Crippen molar-refractivity contribution < 1.29 is 28.2 Å². The van der Waals surface area contributed by atoms with E-state index in [-0.39, 0.29) is 24.6 Å². The number of imidazole rings is 1. The van der Waals surface area contributed by atoms with Gasteiger partial charge < -0.3 is 19.1 Å². The van der Waals surface area contributed by atoms with Gasteiger partial charge in [0.25, 0.3) is 0 Å². The van der Waals surface area contributed by atoms with Crippen LogP contribution in [-0.2, 0) is 9.53 Å². The predicted octanol–water partition coefficient (Wildman–Crippen LogP) is 7.95. The van der Waals surface area contributed by atoms with Crippen LogP contribution in [-0.4, -0.2) is 39.6 Å². The number of nitrogens with zero attached hydrogens (tertiary/aromatic N) is 2. The largest absolute Gasteiger partial charge is 0.465 e. The lowest BCUT2D eigenvalue weighted by atomic mass is 10.00. The van der Waals surface area contributed by atoms with Crippen molar-refractivity contribution in [2.45, 2.75) is 82.4 Å². The van der Waals surface area contributed by atoms with Crippen molar-refractivity contribution in [3.63, 3.8) is 0 Å². The van der Waals surface area contributed by atoms with E-state index >= 15 is 0 Å². The Morgan fingerprint density at radius 2 is 2.08 bits per heavy atom. The number of thioether (sulfide) groups is 1. The molecule has 3 aromatic rings. The first kappa shape index (κ1) is 29.6. The summed E-state index contributed by atoms with van der Waals surface area (Å²) in [4.78, 5) is 17.7. The van der Waals surface area contributed by atoms with Gasteiger partial charge in [-0.15, -0.1) is 11.8 Å². The van der Waals surface area contributed by atoms with E-state index in [1.54, 1.807) is 24.3 Å². The Bertz CT molecular complexity index is 1270. The van der Waals surface area contributed by atoms with Crippen LogP contribution in [0, 0.1) is 5.92 Å². The second-order valence-electron chi connectivity index (χ2n) is 9.84. The molecule has 3 atom stereocenters. The van der Waals surface area contributed by atoms with Crippen molar-refractivity contribution in [3.8, 4) is 5.75 Å². The zero-order valence-electron chi connectivity index (χ0n) is 22.2. The van der Waals surface area contributed by atoms with Crippen molar-refractivity contribution in [3.05, 3.63) is 52.8 Å². The summed E-state index contributed by atoms with van der Waals surface area (Å²) in [6.45, 7) is 1.69. The number of carbonyl (C=O) groups excluding carboxylic acids is 1. The van der Waals surface area contributed by atoms with Crippen LogP contribution in [0.2, 0.25) is 5.02 Å². The Morgan fingerprint density at radius 3 is 2.82 bits per heavy atom. The fourth-order valence-electron chi connectivity index (χ4n) is 5.11. The first-order valence-corrected chi connectivity index (χ1v) is 14.9. The Balaban J connectivity index is 1.51. The third kappa shape index (κ3) is 7.24. The maximum atomic E-state index is 13.4. The summed E-state index contributed by atoms with van der Waals surface area (Å²) in [5.41, 5.74) is 1.88. The molecule has 0 spiro atoms. The molecule has 0 saturated carbocycles. The van der Waals surface area contributed by atoms with E-state index in [1.807, 2.05) is 10.6 Å². The van der Waals surface area contributed by atoms with Crippen LogP contribution in [0.4, 0.5) is 8.78 Å². The number of aliphatic hydroxyl groups excluding tert-OH is 1. The fraction of sp³-hybridized carbons (Fsp3) is 0.517. The monoisotopic (exact) mass is 580 g/mol. The molecule has 212 valence electrons. The molecule has 0 aliphatic carbocycles. The summed E-state index contributed by atoms with van der Waals surface area (Å²) in [6, 6.07) is 9.71. The van der Waals surface area contributed by atoms with E-state index in [0.29, 0.717) is 50.6 Å². The van der Waals surface area contributed by atoms with E-state index in [4.69, 9.17) is 21.1 Å². The molecule has 0 amide bonds. The molecule has 4 rings (SSSR count). The molecule has 1 unspecified atom stereocenters. The van der Waals surface area contributed by atoms with Gasteiger partial charge in [0.15, 0.2) is 0 Å². The van der Waals surface area contributed by atoms with Crippen molar-refractivity contribution >= 4 is 40.4 Å². The molecule has 6 nitrogen and oxygen atoms in total. The lowest BCUT2D eigenvalue weighted by molar-refractivity contribution is -0.144. The molecule has 1 aromatic heterocycles. The molecule has 1 aliphatic heterocycles. The topological polar surface area (TPSA) is 73.6 Å². The number of aromatic nitrogens is 2. The van der Waals surface area contributed by atoms with E-state index in [1.165, 1.54) is 24.2 Å². The normalized spacial score (nSPS) is 17.5. The van der Waals surface area contributed by atoms with Crippen LogP contribution in [0.3, 0.4) is 0 Å². The average molecular weight is 581 g/mol. The minimum atomic E-state index is -3.01. The molecule has 0 saturated heterocycles. The number of unbranched alkanes of at least 4 members (excludes halogenated alkanes) is 2. The van der Waals surface area contributed by atoms with Gasteiger partial charge >= 0.3 is 12.6 Å². The van der Waals surface area contributed by atoms with E-state index in [9.17, 15) is 18.7 Å². The average Bonchev–Trinajstić information content (AvgIpc) is 3.43. The number of hydrogen-bond donors (Lipinski definition) is 1. The summed E-state index contributed by atoms with van der Waals surface area (Å²) in [5, 5.41) is 11.3. The first-order chi connectivity index (χ1) is 18.8. The molecule has 0 bridgehead atoms. The zero-order valence-corrected chi connectivity index (χ0v) is 23.8. The summed E-state index contributed by atoms with van der Waals surface area (Å²) >= 11 is 7.63. The first-order valence-electron chi connectivity index (χ1n) is 13.5. The van der Waals surface area contributed by atoms with Crippen LogP contribution in [0.25, 0.3) is 11.0 Å². The van der Waals surface area contributed by atoms with Crippen LogP contribution < -0.4 is 4.74 Å². The fourth-order valence-corrected chi connectivity index (χ4v) is 6.33. The second-order valence-corrected chi connectivity index (χ2v) is 11.4. The Labute approximate surface area is 237 Å². The third-order valence-corrected chi connectivity index (χ3v) is 8.46. The lowest BCUT2D eigenvalue weighted by Crippen LogP contribution is -2.14. The Morgan fingerprint density at radius 1 is 1.26 bits per heavy atom. The number of rotatable bonds is 14. The standard InChI is InChI=1S/C29H35ClF2N2O4S/c1-3-5-6-8-18(4-2)17-37-26(36)13-14-39-25-10-7-9-24(38-29(31)32)27(25)22-16-23(35)28-33-20-12-11-19(30)15-21(20)34(22)28/h7,9-12,15,18,22-23,29,35H,3-6,8,13-14,16-17H2,1-2H3/t18?,22-,23+/m1/s1. The molecule has 0 radical (unpaired) electrons. The molecule has 1 N–H and O–H groups in total. The van der Waals surface area contributed by atoms with Crippen LogP contribution in [0.1, 0.15) is 82.3 Å². The highest BCUT2D eigenvalue weighted by atomic mass is 35.5. The summed E-state index contributed by atoms with van der Waals surface area (Å²) in [7, 11) is 0. The molecule has 0 fully saturated rings. The number of fused-ring (bicyclic) bond motifs is 3. The highest BCUT2D eigenvalue weighted by molar-refractivity contribution is 7.99. The maximum Gasteiger partial charge on any atom is 0.387 e. The minimum absolute atomic E-state index is 0.0318. The molecular formula is C29H35ClF2N2O4S. The Kier molecular flexibility index (Phi) is 10.5. The molecular weight excluding hydrogens is 546 g/mol. The molecule has 2 aromatic carbocycles. The summed E-state index contributed by atoms with van der Waals surface area (Å²) in [5.74, 6) is 0.989. The molecule has 1 aliphatic rings. The molecule has 10 heteroatoms. The minimum Gasteiger partial charge on any atom is -0.465 e. The van der Waals surface area contributed by atoms with Crippen molar-refractivity contribution in [1.29, 1.82) is 0 Å². The summed E-state index contributed by atoms with van der Waals surface area (Å²) < 4.78 is 39.1. The van der Waals surface area contributed by atoms with Gasteiger partial charge in [-0.05, 0) is 42.7 Å². The van der Waals surface area contributed by atoms with E-state index in [0.717, 1.165) is 25.7 Å².